The monoisotopic (exact) mass is 1040 g/mol. The molecule has 75 heavy (non-hydrogen) atoms. The van der Waals surface area contributed by atoms with Crippen LogP contribution in [0.2, 0.25) is 0 Å². The Morgan fingerprint density at radius 2 is 0.520 bits per heavy atom. The number of hydrogen-bond acceptors (Lipinski definition) is 6. The van der Waals surface area contributed by atoms with E-state index in [1.807, 2.05) is 0 Å². The molecule has 0 spiro atoms. The van der Waals surface area contributed by atoms with Crippen molar-refractivity contribution in [2.75, 3.05) is 13.2 Å². The van der Waals surface area contributed by atoms with E-state index in [1.165, 1.54) is 89.9 Å². The molecule has 0 rings (SSSR count). The number of ether oxygens (including phenoxy) is 3. The van der Waals surface area contributed by atoms with Gasteiger partial charge in [-0.1, -0.05) is 264 Å². The lowest BCUT2D eigenvalue weighted by molar-refractivity contribution is -0.167. The van der Waals surface area contributed by atoms with Gasteiger partial charge in [0, 0.05) is 19.3 Å². The van der Waals surface area contributed by atoms with Gasteiger partial charge >= 0.3 is 17.9 Å². The van der Waals surface area contributed by atoms with Crippen LogP contribution < -0.4 is 0 Å². The number of carbonyl (C=O) groups excluding carboxylic acids is 3. The van der Waals surface area contributed by atoms with Crippen LogP contribution in [0.4, 0.5) is 0 Å². The molecule has 0 aromatic heterocycles. The number of unbranched alkanes of at least 4 members (excludes halogenated alkanes) is 21. The molecule has 0 fully saturated rings. The van der Waals surface area contributed by atoms with Crippen LogP contribution in [0.15, 0.2) is 134 Å². The van der Waals surface area contributed by atoms with Gasteiger partial charge in [0.15, 0.2) is 6.10 Å². The van der Waals surface area contributed by atoms with E-state index in [9.17, 15) is 14.4 Å². The van der Waals surface area contributed by atoms with E-state index in [4.69, 9.17) is 14.2 Å². The van der Waals surface area contributed by atoms with Crippen molar-refractivity contribution in [1.82, 2.24) is 0 Å². The third kappa shape index (κ3) is 60.3. The molecular weight excluding hydrogens is 925 g/mol. The summed E-state index contributed by atoms with van der Waals surface area (Å²) in [5.41, 5.74) is 0. The highest BCUT2D eigenvalue weighted by molar-refractivity contribution is 5.71. The molecule has 0 bridgehead atoms. The molecule has 424 valence electrons. The minimum Gasteiger partial charge on any atom is -0.462 e. The molecule has 0 aromatic rings. The Balaban J connectivity index is 4.54. The predicted molar refractivity (Wildman–Crippen MR) is 325 cm³/mol. The minimum absolute atomic E-state index is 0.108. The molecule has 0 saturated carbocycles. The standard InChI is InChI=1S/C69H112O6/c1-4-7-10-13-16-19-22-25-28-31-33-34-36-38-41-44-47-50-53-56-59-62-68(71)74-65-66(64-73-67(70)61-58-55-52-49-46-43-40-37-30-27-24-21-18-15-12-9-6-3)75-69(72)63-60-57-54-51-48-45-42-39-35-32-29-26-23-20-17-14-11-8-5-2/h7-8,10-11,16-17,19-20,25-26,28-29,33-35,38-39,41,45,47-48,50,66H,4-6,9,12-15,18,21-24,27,30-32,36-37,40,42-44,46,49,51-65H2,1-3H3/b10-7-,11-8-,19-16-,20-17-,28-25-,29-26-,34-33-,39-35-,41-38-,48-45-,50-47-. The zero-order valence-electron chi connectivity index (χ0n) is 48.5. The molecule has 6 nitrogen and oxygen atoms in total. The van der Waals surface area contributed by atoms with Gasteiger partial charge < -0.3 is 14.2 Å². The Morgan fingerprint density at radius 1 is 0.280 bits per heavy atom. The first kappa shape index (κ1) is 70.5. The van der Waals surface area contributed by atoms with E-state index >= 15 is 0 Å². The van der Waals surface area contributed by atoms with E-state index in [1.54, 1.807) is 0 Å². The number of allylic oxidation sites excluding steroid dienone is 22. The van der Waals surface area contributed by atoms with Gasteiger partial charge in [0.1, 0.15) is 13.2 Å². The Hall–Kier alpha value is -4.45. The zero-order chi connectivity index (χ0) is 54.3. The van der Waals surface area contributed by atoms with Crippen LogP contribution in [0, 0.1) is 0 Å². The SMILES string of the molecule is CC/C=C\C/C=C\C/C=C\C/C=C\C/C=C\C/C=C\CCCCC(=O)OCC(COC(=O)CCCCCCCCCCCCCCCCCCC)OC(=O)CCCCC/C=C\C/C=C\C/C=C\C/C=C\C/C=C\CC. The summed E-state index contributed by atoms with van der Waals surface area (Å²) in [6, 6.07) is 0. The summed E-state index contributed by atoms with van der Waals surface area (Å²) in [6.07, 6.45) is 87.3. The lowest BCUT2D eigenvalue weighted by atomic mass is 10.0. The highest BCUT2D eigenvalue weighted by Crippen LogP contribution is 2.15. The van der Waals surface area contributed by atoms with Gasteiger partial charge in [0.05, 0.1) is 0 Å². The fourth-order valence-corrected chi connectivity index (χ4v) is 8.12. The maximum absolute atomic E-state index is 12.9. The molecule has 0 aromatic carbocycles. The number of rotatable bonds is 54. The number of carbonyl (C=O) groups is 3. The Kier molecular flexibility index (Phi) is 58.4. The van der Waals surface area contributed by atoms with Crippen LogP contribution in [-0.4, -0.2) is 37.2 Å². The van der Waals surface area contributed by atoms with Crippen LogP contribution >= 0.6 is 0 Å². The summed E-state index contributed by atoms with van der Waals surface area (Å²) < 4.78 is 16.9. The number of esters is 3. The van der Waals surface area contributed by atoms with E-state index in [-0.39, 0.29) is 37.5 Å². The van der Waals surface area contributed by atoms with Gasteiger partial charge in [0.2, 0.25) is 0 Å². The molecule has 1 unspecified atom stereocenters. The highest BCUT2D eigenvalue weighted by atomic mass is 16.6. The summed E-state index contributed by atoms with van der Waals surface area (Å²) >= 11 is 0. The fourth-order valence-electron chi connectivity index (χ4n) is 8.12. The molecule has 0 aliphatic heterocycles. The average molecular weight is 1040 g/mol. The maximum Gasteiger partial charge on any atom is 0.306 e. The summed E-state index contributed by atoms with van der Waals surface area (Å²) in [4.78, 5) is 38.3. The topological polar surface area (TPSA) is 78.9 Å². The van der Waals surface area contributed by atoms with Crippen molar-refractivity contribution >= 4 is 17.9 Å². The van der Waals surface area contributed by atoms with E-state index in [0.29, 0.717) is 25.7 Å². The zero-order valence-corrected chi connectivity index (χ0v) is 48.5. The molecule has 1 atom stereocenters. The van der Waals surface area contributed by atoms with Gasteiger partial charge in [-0.2, -0.15) is 0 Å². The van der Waals surface area contributed by atoms with Crippen molar-refractivity contribution in [1.29, 1.82) is 0 Å². The van der Waals surface area contributed by atoms with Crippen molar-refractivity contribution in [3.63, 3.8) is 0 Å². The summed E-state index contributed by atoms with van der Waals surface area (Å²) in [5.74, 6) is -0.983. The van der Waals surface area contributed by atoms with Crippen LogP contribution in [0.1, 0.15) is 265 Å². The van der Waals surface area contributed by atoms with Gasteiger partial charge in [-0.05, 0) is 116 Å². The third-order valence-electron chi connectivity index (χ3n) is 12.7. The second-order valence-electron chi connectivity index (χ2n) is 19.9. The van der Waals surface area contributed by atoms with Crippen molar-refractivity contribution in [3.8, 4) is 0 Å². The predicted octanol–water partition coefficient (Wildman–Crippen LogP) is 21.0. The second-order valence-corrected chi connectivity index (χ2v) is 19.9. The van der Waals surface area contributed by atoms with Crippen molar-refractivity contribution < 1.29 is 28.6 Å². The van der Waals surface area contributed by atoms with Gasteiger partial charge in [0.25, 0.3) is 0 Å². The highest BCUT2D eigenvalue weighted by Gasteiger charge is 2.19. The lowest BCUT2D eigenvalue weighted by Crippen LogP contribution is -2.30. The molecule has 0 aliphatic rings. The maximum atomic E-state index is 12.9. The second kappa shape index (κ2) is 62.1. The molecule has 0 N–H and O–H groups in total. The smallest absolute Gasteiger partial charge is 0.306 e. The summed E-state index contributed by atoms with van der Waals surface area (Å²) in [5, 5.41) is 0. The average Bonchev–Trinajstić information content (AvgIpc) is 3.41. The molecule has 6 heteroatoms. The van der Waals surface area contributed by atoms with Gasteiger partial charge in [-0.25, -0.2) is 0 Å². The van der Waals surface area contributed by atoms with E-state index in [2.05, 4.69) is 154 Å². The molecule has 0 saturated heterocycles. The first-order chi connectivity index (χ1) is 37.0. The molecule has 0 radical (unpaired) electrons. The molecule has 0 aliphatic carbocycles. The lowest BCUT2D eigenvalue weighted by Gasteiger charge is -2.18. The van der Waals surface area contributed by atoms with Crippen LogP contribution in [0.25, 0.3) is 0 Å². The Morgan fingerprint density at radius 3 is 0.840 bits per heavy atom. The summed E-state index contributed by atoms with van der Waals surface area (Å²) in [7, 11) is 0. The Bertz CT molecular complexity index is 1620. The summed E-state index contributed by atoms with van der Waals surface area (Å²) in [6.45, 7) is 6.36. The first-order valence-electron chi connectivity index (χ1n) is 30.7. The van der Waals surface area contributed by atoms with E-state index in [0.717, 1.165) is 122 Å². The fraction of sp³-hybridized carbons (Fsp3) is 0.638. The van der Waals surface area contributed by atoms with Crippen LogP contribution in [0.3, 0.4) is 0 Å². The van der Waals surface area contributed by atoms with E-state index < -0.39 is 6.10 Å². The van der Waals surface area contributed by atoms with Gasteiger partial charge in [-0.3, -0.25) is 14.4 Å². The largest absolute Gasteiger partial charge is 0.462 e. The van der Waals surface area contributed by atoms with Crippen molar-refractivity contribution in [3.05, 3.63) is 134 Å². The molecular formula is C69H112O6. The minimum atomic E-state index is -0.818. The molecule has 0 amide bonds. The molecule has 0 heterocycles. The Labute approximate surface area is 462 Å². The third-order valence-corrected chi connectivity index (χ3v) is 12.7. The first-order valence-corrected chi connectivity index (χ1v) is 30.7. The van der Waals surface area contributed by atoms with Crippen molar-refractivity contribution in [2.45, 2.75) is 271 Å². The quantitative estimate of drug-likeness (QED) is 0.0261. The normalized spacial score (nSPS) is 13.1. The van der Waals surface area contributed by atoms with Crippen LogP contribution in [-0.2, 0) is 28.6 Å². The number of hydrogen-bond donors (Lipinski definition) is 0. The van der Waals surface area contributed by atoms with Gasteiger partial charge in [-0.15, -0.1) is 0 Å². The van der Waals surface area contributed by atoms with Crippen LogP contribution in [0.5, 0.6) is 0 Å². The van der Waals surface area contributed by atoms with Crippen molar-refractivity contribution in [2.24, 2.45) is 0 Å².